The van der Waals surface area contributed by atoms with E-state index in [2.05, 4.69) is 16.8 Å². The largest absolute Gasteiger partial charge is 0.349 e. The van der Waals surface area contributed by atoms with Crippen LogP contribution in [0.1, 0.15) is 29.4 Å². The van der Waals surface area contributed by atoms with Gasteiger partial charge in [-0.25, -0.2) is 0 Å². The average Bonchev–Trinajstić information content (AvgIpc) is 2.84. The predicted octanol–water partition coefficient (Wildman–Crippen LogP) is 3.26. The van der Waals surface area contributed by atoms with Gasteiger partial charge in [-0.05, 0) is 75.3 Å². The second-order valence-electron chi connectivity index (χ2n) is 6.37. The van der Waals surface area contributed by atoms with Crippen molar-refractivity contribution in [2.75, 3.05) is 4.90 Å². The highest BCUT2D eigenvalue weighted by Gasteiger charge is 2.34. The summed E-state index contributed by atoms with van der Waals surface area (Å²) in [5, 5.41) is 2.72. The van der Waals surface area contributed by atoms with Gasteiger partial charge < -0.3 is 4.57 Å². The van der Waals surface area contributed by atoms with Gasteiger partial charge in [0.2, 0.25) is 0 Å². The quantitative estimate of drug-likeness (QED) is 0.515. The lowest BCUT2D eigenvalue weighted by atomic mass is 10.1. The zero-order chi connectivity index (χ0) is 19.0. The van der Waals surface area contributed by atoms with Crippen molar-refractivity contribution in [1.29, 1.82) is 0 Å². The van der Waals surface area contributed by atoms with Crippen LogP contribution < -0.4 is 10.2 Å². The van der Waals surface area contributed by atoms with E-state index in [0.29, 0.717) is 5.69 Å². The van der Waals surface area contributed by atoms with Crippen LogP contribution in [-0.2, 0) is 16.1 Å². The molecule has 1 aliphatic heterocycles. The third-order valence-corrected chi connectivity index (χ3v) is 4.88. The Kier molecular flexibility index (Phi) is 4.78. The second kappa shape index (κ2) is 6.88. The fraction of sp³-hybridized carbons (Fsp3) is 0.250. The molecule has 5 nitrogen and oxygen atoms in total. The molecule has 2 heterocycles. The molecular formula is C20H21N3O2S. The normalized spacial score (nSPS) is 16.4. The number of nitrogens with one attached hydrogen (secondary N) is 1. The number of carbonyl (C=O) groups excluding carboxylic acids is 2. The van der Waals surface area contributed by atoms with Crippen LogP contribution in [0.4, 0.5) is 5.69 Å². The maximum Gasteiger partial charge on any atom is 0.270 e. The Balaban J connectivity index is 2.06. The first kappa shape index (κ1) is 18.1. The van der Waals surface area contributed by atoms with E-state index in [-0.39, 0.29) is 10.7 Å². The number of hydrogen-bond acceptors (Lipinski definition) is 3. The third kappa shape index (κ3) is 3.08. The van der Waals surface area contributed by atoms with Gasteiger partial charge in [-0.3, -0.25) is 19.8 Å². The van der Waals surface area contributed by atoms with Crippen molar-refractivity contribution < 1.29 is 9.59 Å². The summed E-state index contributed by atoms with van der Waals surface area (Å²) in [5.74, 6) is -0.879. The molecular weight excluding hydrogens is 346 g/mol. The number of hydrogen-bond donors (Lipinski definition) is 1. The summed E-state index contributed by atoms with van der Waals surface area (Å²) < 4.78 is 2.14. The van der Waals surface area contributed by atoms with Crippen molar-refractivity contribution >= 4 is 40.9 Å². The summed E-state index contributed by atoms with van der Waals surface area (Å²) in [7, 11) is 0. The van der Waals surface area contributed by atoms with E-state index < -0.39 is 11.8 Å². The SMILES string of the molecule is CCn1c(C)cc(/C=C2\C(=O)NC(=S)N(c3cccc(C)c3)C2=O)c1C. The lowest BCUT2D eigenvalue weighted by Crippen LogP contribution is -2.54. The molecule has 1 N–H and O–H groups in total. The van der Waals surface area contributed by atoms with Crippen LogP contribution in [0.15, 0.2) is 35.9 Å². The molecule has 0 atom stereocenters. The zero-order valence-electron chi connectivity index (χ0n) is 15.3. The first-order valence-electron chi connectivity index (χ1n) is 8.48. The Bertz CT molecular complexity index is 956. The Morgan fingerprint density at radius 1 is 1.15 bits per heavy atom. The monoisotopic (exact) mass is 367 g/mol. The maximum atomic E-state index is 13.0. The van der Waals surface area contributed by atoms with Crippen molar-refractivity contribution in [1.82, 2.24) is 9.88 Å². The van der Waals surface area contributed by atoms with Crippen LogP contribution in [0.25, 0.3) is 6.08 Å². The Labute approximate surface area is 158 Å². The van der Waals surface area contributed by atoms with E-state index >= 15 is 0 Å². The number of aryl methyl sites for hydroxylation is 2. The summed E-state index contributed by atoms with van der Waals surface area (Å²) >= 11 is 5.24. The summed E-state index contributed by atoms with van der Waals surface area (Å²) in [6.45, 7) is 8.83. The first-order valence-corrected chi connectivity index (χ1v) is 8.89. The molecule has 3 rings (SSSR count). The van der Waals surface area contributed by atoms with Crippen LogP contribution in [0.3, 0.4) is 0 Å². The van der Waals surface area contributed by atoms with Gasteiger partial charge in [-0.2, -0.15) is 0 Å². The molecule has 1 fully saturated rings. The van der Waals surface area contributed by atoms with Crippen LogP contribution in [0.2, 0.25) is 0 Å². The molecule has 1 aromatic carbocycles. The minimum atomic E-state index is -0.467. The molecule has 1 saturated heterocycles. The third-order valence-electron chi connectivity index (χ3n) is 4.59. The topological polar surface area (TPSA) is 54.3 Å². The highest BCUT2D eigenvalue weighted by atomic mass is 32.1. The number of amides is 2. The van der Waals surface area contributed by atoms with Crippen LogP contribution in [0, 0.1) is 20.8 Å². The summed E-state index contributed by atoms with van der Waals surface area (Å²) in [4.78, 5) is 26.8. The Morgan fingerprint density at radius 3 is 2.50 bits per heavy atom. The maximum absolute atomic E-state index is 13.0. The summed E-state index contributed by atoms with van der Waals surface area (Å²) in [5.41, 5.74) is 4.70. The van der Waals surface area contributed by atoms with Gasteiger partial charge in [-0.15, -0.1) is 0 Å². The van der Waals surface area contributed by atoms with Crippen molar-refractivity contribution in [2.24, 2.45) is 0 Å². The standard InChI is InChI=1S/C20H21N3O2S/c1-5-22-13(3)10-15(14(22)4)11-17-18(24)21-20(26)23(19(17)25)16-8-6-7-12(2)9-16/h6-11H,5H2,1-4H3,(H,21,24,26)/b17-11+. The number of aromatic nitrogens is 1. The van der Waals surface area contributed by atoms with E-state index in [1.54, 1.807) is 12.1 Å². The molecule has 0 radical (unpaired) electrons. The molecule has 0 spiro atoms. The minimum absolute atomic E-state index is 0.0801. The van der Waals surface area contributed by atoms with Crippen LogP contribution >= 0.6 is 12.2 Å². The fourth-order valence-corrected chi connectivity index (χ4v) is 3.56. The highest BCUT2D eigenvalue weighted by Crippen LogP contribution is 2.24. The van der Waals surface area contributed by atoms with Crippen molar-refractivity contribution in [2.45, 2.75) is 34.2 Å². The lowest BCUT2D eigenvalue weighted by Gasteiger charge is -2.29. The van der Waals surface area contributed by atoms with E-state index in [4.69, 9.17) is 12.2 Å². The molecule has 2 aromatic rings. The average molecular weight is 367 g/mol. The van der Waals surface area contributed by atoms with Crippen molar-refractivity contribution in [3.05, 3.63) is 58.4 Å². The number of benzene rings is 1. The van der Waals surface area contributed by atoms with E-state index in [1.165, 1.54) is 4.90 Å². The summed E-state index contributed by atoms with van der Waals surface area (Å²) in [6, 6.07) is 9.44. The van der Waals surface area contributed by atoms with Gasteiger partial charge >= 0.3 is 0 Å². The van der Waals surface area contributed by atoms with Gasteiger partial charge in [0.05, 0.1) is 5.69 Å². The molecule has 1 aliphatic rings. The molecule has 2 amide bonds. The van der Waals surface area contributed by atoms with Crippen LogP contribution in [0.5, 0.6) is 0 Å². The Hall–Kier alpha value is -2.73. The number of rotatable bonds is 3. The van der Waals surface area contributed by atoms with Gasteiger partial charge in [0.25, 0.3) is 11.8 Å². The first-order chi connectivity index (χ1) is 12.3. The molecule has 0 saturated carbocycles. The van der Waals surface area contributed by atoms with E-state index in [9.17, 15) is 9.59 Å². The minimum Gasteiger partial charge on any atom is -0.349 e. The predicted molar refractivity (Wildman–Crippen MR) is 107 cm³/mol. The van der Waals surface area contributed by atoms with Crippen LogP contribution in [-0.4, -0.2) is 21.5 Å². The Morgan fingerprint density at radius 2 is 1.88 bits per heavy atom. The fourth-order valence-electron chi connectivity index (χ4n) is 3.27. The lowest BCUT2D eigenvalue weighted by molar-refractivity contribution is -0.122. The number of anilines is 1. The molecule has 134 valence electrons. The number of nitrogens with zero attached hydrogens (tertiary/aromatic N) is 2. The smallest absolute Gasteiger partial charge is 0.270 e. The molecule has 0 aliphatic carbocycles. The molecule has 0 unspecified atom stereocenters. The van der Waals surface area contributed by atoms with Gasteiger partial charge in [0.1, 0.15) is 5.57 Å². The number of carbonyl (C=O) groups is 2. The molecule has 1 aromatic heterocycles. The molecule has 26 heavy (non-hydrogen) atoms. The van der Waals surface area contributed by atoms with Gasteiger partial charge in [-0.1, -0.05) is 12.1 Å². The van der Waals surface area contributed by atoms with Gasteiger partial charge in [0, 0.05) is 17.9 Å². The second-order valence-corrected chi connectivity index (χ2v) is 6.75. The van der Waals surface area contributed by atoms with Crippen molar-refractivity contribution in [3.8, 4) is 0 Å². The summed E-state index contributed by atoms with van der Waals surface area (Å²) in [6.07, 6.45) is 1.65. The van der Waals surface area contributed by atoms with E-state index in [1.807, 2.05) is 45.0 Å². The molecule has 0 bridgehead atoms. The van der Waals surface area contributed by atoms with E-state index in [0.717, 1.165) is 29.1 Å². The zero-order valence-corrected chi connectivity index (χ0v) is 16.1. The van der Waals surface area contributed by atoms with Crippen molar-refractivity contribution in [3.63, 3.8) is 0 Å². The van der Waals surface area contributed by atoms with Gasteiger partial charge in [0.15, 0.2) is 5.11 Å². The number of thiocarbonyl (C=S) groups is 1. The molecule has 6 heteroatoms. The highest BCUT2D eigenvalue weighted by molar-refractivity contribution is 7.80.